The molecule has 6 nitrogen and oxygen atoms in total. The van der Waals surface area contributed by atoms with E-state index >= 15 is 0 Å². The highest BCUT2D eigenvalue weighted by molar-refractivity contribution is 6.39. The van der Waals surface area contributed by atoms with Crippen LogP contribution in [-0.4, -0.2) is 46.1 Å². The maximum Gasteiger partial charge on any atom is 0.313 e. The normalized spacial score (nSPS) is 12.2. The van der Waals surface area contributed by atoms with Gasteiger partial charge in [0.1, 0.15) is 0 Å². The number of aliphatic hydroxyl groups is 1. The predicted molar refractivity (Wildman–Crippen MR) is 85.5 cm³/mol. The molecule has 0 saturated heterocycles. The van der Waals surface area contributed by atoms with Gasteiger partial charge in [-0.25, -0.2) is 0 Å². The van der Waals surface area contributed by atoms with E-state index in [1.807, 2.05) is 36.0 Å². The molecule has 118 valence electrons. The molecule has 1 heterocycles. The van der Waals surface area contributed by atoms with Gasteiger partial charge in [0.15, 0.2) is 0 Å². The van der Waals surface area contributed by atoms with Crippen LogP contribution in [0.5, 0.6) is 0 Å². The summed E-state index contributed by atoms with van der Waals surface area (Å²) >= 11 is 0. The van der Waals surface area contributed by atoms with Gasteiger partial charge in [-0.2, -0.15) is 0 Å². The van der Waals surface area contributed by atoms with Crippen LogP contribution in [-0.2, 0) is 16.6 Å². The number of nitrogens with one attached hydrogen (secondary N) is 1. The lowest BCUT2D eigenvalue weighted by Crippen LogP contribution is -2.38. The van der Waals surface area contributed by atoms with Crippen LogP contribution in [0.2, 0.25) is 0 Å². The zero-order valence-corrected chi connectivity index (χ0v) is 13.0. The number of amides is 2. The Bertz CT molecular complexity index is 691. The van der Waals surface area contributed by atoms with Crippen molar-refractivity contribution >= 4 is 28.4 Å². The highest BCUT2D eigenvalue weighted by atomic mass is 16.3. The van der Waals surface area contributed by atoms with E-state index in [4.69, 9.17) is 0 Å². The summed E-state index contributed by atoms with van der Waals surface area (Å²) in [5.41, 5.74) is 1.56. The van der Waals surface area contributed by atoms with Crippen molar-refractivity contribution in [3.05, 3.63) is 30.5 Å². The Morgan fingerprint density at radius 2 is 2.09 bits per heavy atom. The Morgan fingerprint density at radius 1 is 1.36 bits per heavy atom. The molecule has 0 aliphatic carbocycles. The number of hydrogen-bond acceptors (Lipinski definition) is 3. The van der Waals surface area contributed by atoms with E-state index in [9.17, 15) is 14.7 Å². The van der Waals surface area contributed by atoms with Gasteiger partial charge in [0.05, 0.1) is 6.10 Å². The minimum absolute atomic E-state index is 0.334. The van der Waals surface area contributed by atoms with E-state index < -0.39 is 17.9 Å². The van der Waals surface area contributed by atoms with Crippen LogP contribution >= 0.6 is 0 Å². The minimum Gasteiger partial charge on any atom is -0.393 e. The summed E-state index contributed by atoms with van der Waals surface area (Å²) in [5, 5.41) is 12.9. The third kappa shape index (κ3) is 3.65. The van der Waals surface area contributed by atoms with Gasteiger partial charge in [-0.05, 0) is 36.9 Å². The Balaban J connectivity index is 2.03. The molecular formula is C16H21N3O3. The molecule has 2 amide bonds. The first-order valence-corrected chi connectivity index (χ1v) is 7.18. The van der Waals surface area contributed by atoms with E-state index in [2.05, 4.69) is 5.32 Å². The molecule has 6 heteroatoms. The number of aryl methyl sites for hydroxylation is 1. The van der Waals surface area contributed by atoms with Gasteiger partial charge in [0, 0.05) is 38.0 Å². The summed E-state index contributed by atoms with van der Waals surface area (Å²) in [7, 11) is 3.47. The summed E-state index contributed by atoms with van der Waals surface area (Å²) in [5.74, 6) is -1.30. The topological polar surface area (TPSA) is 74.6 Å². The average molecular weight is 303 g/mol. The molecule has 0 fully saturated rings. The fourth-order valence-corrected chi connectivity index (χ4v) is 2.18. The first kappa shape index (κ1) is 16.0. The van der Waals surface area contributed by atoms with Crippen molar-refractivity contribution in [2.75, 3.05) is 18.9 Å². The van der Waals surface area contributed by atoms with Crippen LogP contribution in [0.4, 0.5) is 5.69 Å². The third-order valence-corrected chi connectivity index (χ3v) is 3.57. The second-order valence-electron chi connectivity index (χ2n) is 5.52. The zero-order chi connectivity index (χ0) is 16.3. The summed E-state index contributed by atoms with van der Waals surface area (Å²) < 4.78 is 1.95. The first-order chi connectivity index (χ1) is 10.4. The van der Waals surface area contributed by atoms with Crippen LogP contribution in [0, 0.1) is 0 Å². The molecule has 0 aliphatic heterocycles. The Hall–Kier alpha value is -2.34. The molecule has 2 rings (SSSR count). The number of benzene rings is 1. The van der Waals surface area contributed by atoms with E-state index in [1.165, 1.54) is 4.90 Å². The molecule has 2 aromatic rings. The Morgan fingerprint density at radius 3 is 2.77 bits per heavy atom. The molecule has 0 saturated carbocycles. The fraction of sp³-hybridized carbons (Fsp3) is 0.375. The lowest BCUT2D eigenvalue weighted by atomic mass is 10.2. The molecule has 2 N–H and O–H groups in total. The fourth-order valence-electron chi connectivity index (χ4n) is 2.18. The monoisotopic (exact) mass is 303 g/mol. The largest absolute Gasteiger partial charge is 0.393 e. The molecule has 0 aliphatic rings. The van der Waals surface area contributed by atoms with Gasteiger partial charge in [-0.3, -0.25) is 9.59 Å². The lowest BCUT2D eigenvalue weighted by Gasteiger charge is -2.17. The van der Waals surface area contributed by atoms with E-state index in [0.29, 0.717) is 18.7 Å². The number of anilines is 1. The Kier molecular flexibility index (Phi) is 4.82. The van der Waals surface area contributed by atoms with E-state index in [1.54, 1.807) is 20.0 Å². The second kappa shape index (κ2) is 6.62. The van der Waals surface area contributed by atoms with E-state index in [-0.39, 0.29) is 0 Å². The maximum absolute atomic E-state index is 12.0. The average Bonchev–Trinajstić information content (AvgIpc) is 2.85. The van der Waals surface area contributed by atoms with Gasteiger partial charge in [-0.15, -0.1) is 0 Å². The molecule has 22 heavy (non-hydrogen) atoms. The molecule has 1 aromatic heterocycles. The number of carbonyl (C=O) groups excluding carboxylic acids is 2. The number of carbonyl (C=O) groups is 2. The number of likely N-dealkylation sites (N-methyl/N-ethyl adjacent to an activating group) is 1. The van der Waals surface area contributed by atoms with Crippen molar-refractivity contribution in [1.29, 1.82) is 0 Å². The van der Waals surface area contributed by atoms with Crippen molar-refractivity contribution in [3.8, 4) is 0 Å². The van der Waals surface area contributed by atoms with Crippen LogP contribution in [0.25, 0.3) is 10.9 Å². The molecule has 1 aromatic carbocycles. The van der Waals surface area contributed by atoms with Gasteiger partial charge >= 0.3 is 11.8 Å². The van der Waals surface area contributed by atoms with Crippen molar-refractivity contribution in [2.24, 2.45) is 7.05 Å². The number of rotatable bonds is 4. The van der Waals surface area contributed by atoms with E-state index in [0.717, 1.165) is 10.9 Å². The summed E-state index contributed by atoms with van der Waals surface area (Å²) in [4.78, 5) is 25.3. The van der Waals surface area contributed by atoms with Gasteiger partial charge in [0.2, 0.25) is 0 Å². The molecule has 0 spiro atoms. The number of fused-ring (bicyclic) bond motifs is 1. The summed E-state index contributed by atoms with van der Waals surface area (Å²) in [6.07, 6.45) is 1.87. The molecule has 1 unspecified atom stereocenters. The van der Waals surface area contributed by atoms with Gasteiger partial charge < -0.3 is 19.9 Å². The van der Waals surface area contributed by atoms with Crippen molar-refractivity contribution in [3.63, 3.8) is 0 Å². The lowest BCUT2D eigenvalue weighted by molar-refractivity contribution is -0.142. The van der Waals surface area contributed by atoms with Crippen molar-refractivity contribution < 1.29 is 14.7 Å². The van der Waals surface area contributed by atoms with Crippen molar-refractivity contribution in [1.82, 2.24) is 9.47 Å². The summed E-state index contributed by atoms with van der Waals surface area (Å²) in [6, 6.07) is 7.47. The van der Waals surface area contributed by atoms with Crippen LogP contribution in [0.15, 0.2) is 30.5 Å². The van der Waals surface area contributed by atoms with Crippen molar-refractivity contribution in [2.45, 2.75) is 19.4 Å². The molecular weight excluding hydrogens is 282 g/mol. The number of hydrogen-bond donors (Lipinski definition) is 2. The number of nitrogens with zero attached hydrogens (tertiary/aromatic N) is 2. The Labute approximate surface area is 129 Å². The first-order valence-electron chi connectivity index (χ1n) is 7.18. The zero-order valence-electron chi connectivity index (χ0n) is 13.0. The smallest absolute Gasteiger partial charge is 0.313 e. The van der Waals surface area contributed by atoms with Crippen LogP contribution in [0.1, 0.15) is 13.3 Å². The molecule has 0 radical (unpaired) electrons. The SMILES string of the molecule is CC(O)CCN(C)C(=O)C(=O)Nc1ccc2ccn(C)c2c1. The molecule has 1 atom stereocenters. The standard InChI is InChI=1S/C16H21N3O3/c1-11(20)6-8-19(3)16(22)15(21)17-13-5-4-12-7-9-18(2)14(12)10-13/h4-5,7,9-11,20H,6,8H2,1-3H3,(H,17,21). The quantitative estimate of drug-likeness (QED) is 0.837. The summed E-state index contributed by atoms with van der Waals surface area (Å²) in [6.45, 7) is 1.98. The second-order valence-corrected chi connectivity index (χ2v) is 5.52. The van der Waals surface area contributed by atoms with Crippen LogP contribution in [0.3, 0.4) is 0 Å². The highest BCUT2D eigenvalue weighted by Crippen LogP contribution is 2.19. The minimum atomic E-state index is -0.679. The third-order valence-electron chi connectivity index (χ3n) is 3.57. The van der Waals surface area contributed by atoms with Gasteiger partial charge in [0.25, 0.3) is 0 Å². The maximum atomic E-state index is 12.0. The number of aliphatic hydroxyl groups excluding tert-OH is 1. The highest BCUT2D eigenvalue weighted by Gasteiger charge is 2.19. The van der Waals surface area contributed by atoms with Crippen LogP contribution < -0.4 is 5.32 Å². The van der Waals surface area contributed by atoms with Gasteiger partial charge in [-0.1, -0.05) is 6.07 Å². The predicted octanol–water partition coefficient (Wildman–Crippen LogP) is 1.35. The number of aromatic nitrogens is 1. The molecule has 0 bridgehead atoms.